The van der Waals surface area contributed by atoms with Crippen molar-refractivity contribution >= 4 is 17.4 Å². The van der Waals surface area contributed by atoms with Gasteiger partial charge >= 0.3 is 0 Å². The van der Waals surface area contributed by atoms with Crippen LogP contribution in [0.25, 0.3) is 0 Å². The van der Waals surface area contributed by atoms with Crippen LogP contribution in [-0.4, -0.2) is 10.8 Å². The predicted octanol–water partition coefficient (Wildman–Crippen LogP) is 2.87. The topological polar surface area (TPSA) is 43.1 Å². The van der Waals surface area contributed by atoms with E-state index in [-0.39, 0.29) is 11.0 Å². The number of hydrogen-bond acceptors (Lipinski definition) is 3. The van der Waals surface area contributed by atoms with E-state index in [9.17, 15) is 4.79 Å². The van der Waals surface area contributed by atoms with E-state index in [1.54, 1.807) is 18.3 Å². The predicted molar refractivity (Wildman–Crippen MR) is 56.1 cm³/mol. The molecule has 15 heavy (non-hydrogen) atoms. The Bertz CT molecular complexity index is 505. The van der Waals surface area contributed by atoms with Crippen LogP contribution in [0.15, 0.2) is 35.2 Å². The summed E-state index contributed by atoms with van der Waals surface area (Å²) in [5, 5.41) is 0.113. The zero-order valence-electron chi connectivity index (χ0n) is 8.03. The van der Waals surface area contributed by atoms with Crippen LogP contribution in [0.4, 0.5) is 0 Å². The van der Waals surface area contributed by atoms with E-state index in [4.69, 9.17) is 16.0 Å². The van der Waals surface area contributed by atoms with Crippen LogP contribution < -0.4 is 0 Å². The molecule has 2 heterocycles. The van der Waals surface area contributed by atoms with Gasteiger partial charge in [0.1, 0.15) is 0 Å². The van der Waals surface area contributed by atoms with Crippen LogP contribution in [0.5, 0.6) is 0 Å². The number of pyridine rings is 1. The van der Waals surface area contributed by atoms with Crippen LogP contribution in [-0.2, 0) is 0 Å². The molecule has 0 fully saturated rings. The SMILES string of the molecule is Cc1cncc(C(=O)c2ccoc2Cl)c1. The first-order valence-corrected chi connectivity index (χ1v) is 4.75. The lowest BCUT2D eigenvalue weighted by molar-refractivity contribution is 0.103. The Labute approximate surface area is 91.7 Å². The van der Waals surface area contributed by atoms with Gasteiger partial charge in [0.25, 0.3) is 0 Å². The maximum atomic E-state index is 11.9. The molecule has 0 aliphatic rings. The van der Waals surface area contributed by atoms with Gasteiger partial charge in [0.2, 0.25) is 5.22 Å². The van der Waals surface area contributed by atoms with Gasteiger partial charge in [-0.2, -0.15) is 0 Å². The van der Waals surface area contributed by atoms with Crippen molar-refractivity contribution in [2.24, 2.45) is 0 Å². The molecule has 4 heteroatoms. The molecule has 2 aromatic heterocycles. The van der Waals surface area contributed by atoms with Crippen molar-refractivity contribution < 1.29 is 9.21 Å². The summed E-state index contributed by atoms with van der Waals surface area (Å²) in [6, 6.07) is 3.31. The van der Waals surface area contributed by atoms with E-state index < -0.39 is 0 Å². The molecule has 0 N–H and O–H groups in total. The van der Waals surface area contributed by atoms with Crippen LogP contribution >= 0.6 is 11.6 Å². The Morgan fingerprint density at radius 3 is 2.87 bits per heavy atom. The fourth-order valence-electron chi connectivity index (χ4n) is 1.29. The second-order valence-corrected chi connectivity index (χ2v) is 3.53. The van der Waals surface area contributed by atoms with Crippen molar-refractivity contribution in [1.82, 2.24) is 4.98 Å². The number of furan rings is 1. The van der Waals surface area contributed by atoms with Crippen LogP contribution in [0.3, 0.4) is 0 Å². The Morgan fingerprint density at radius 1 is 1.47 bits per heavy atom. The minimum atomic E-state index is -0.176. The summed E-state index contributed by atoms with van der Waals surface area (Å²) >= 11 is 5.72. The highest BCUT2D eigenvalue weighted by atomic mass is 35.5. The molecule has 0 bridgehead atoms. The number of carbonyl (C=O) groups is 1. The van der Waals surface area contributed by atoms with Gasteiger partial charge in [-0.05, 0) is 36.2 Å². The Hall–Kier alpha value is -1.61. The van der Waals surface area contributed by atoms with Gasteiger partial charge in [-0.25, -0.2) is 0 Å². The summed E-state index contributed by atoms with van der Waals surface area (Å²) < 4.78 is 4.86. The molecule has 0 spiro atoms. The van der Waals surface area contributed by atoms with Crippen molar-refractivity contribution in [3.8, 4) is 0 Å². The molecule has 2 rings (SSSR count). The maximum Gasteiger partial charge on any atom is 0.204 e. The molecule has 0 aliphatic heterocycles. The Balaban J connectivity index is 2.41. The zero-order chi connectivity index (χ0) is 10.8. The number of halogens is 1. The standard InChI is InChI=1S/C11H8ClNO2/c1-7-4-8(6-13-5-7)10(14)9-2-3-15-11(9)12/h2-6H,1H3. The number of hydrogen-bond donors (Lipinski definition) is 0. The van der Waals surface area contributed by atoms with E-state index in [0.29, 0.717) is 11.1 Å². The molecule has 0 saturated heterocycles. The maximum absolute atomic E-state index is 11.9. The van der Waals surface area contributed by atoms with Crippen LogP contribution in [0.1, 0.15) is 21.5 Å². The van der Waals surface area contributed by atoms with Gasteiger partial charge in [0.15, 0.2) is 5.78 Å². The third-order valence-electron chi connectivity index (χ3n) is 2.00. The molecule has 76 valence electrons. The van der Waals surface area contributed by atoms with Crippen LogP contribution in [0.2, 0.25) is 5.22 Å². The van der Waals surface area contributed by atoms with E-state index >= 15 is 0 Å². The number of carbonyl (C=O) groups excluding carboxylic acids is 1. The highest BCUT2D eigenvalue weighted by Crippen LogP contribution is 2.20. The van der Waals surface area contributed by atoms with Gasteiger partial charge in [0.05, 0.1) is 11.8 Å². The number of aryl methyl sites for hydroxylation is 1. The summed E-state index contributed by atoms with van der Waals surface area (Å²) in [5.41, 5.74) is 1.81. The molecule has 3 nitrogen and oxygen atoms in total. The lowest BCUT2D eigenvalue weighted by Gasteiger charge is -1.98. The van der Waals surface area contributed by atoms with Crippen molar-refractivity contribution in [3.05, 3.63) is 52.7 Å². The Morgan fingerprint density at radius 2 is 2.27 bits per heavy atom. The molecule has 2 aromatic rings. The summed E-state index contributed by atoms with van der Waals surface area (Å²) in [6.07, 6.45) is 4.59. The van der Waals surface area contributed by atoms with Gasteiger partial charge < -0.3 is 4.42 Å². The second kappa shape index (κ2) is 3.87. The summed E-state index contributed by atoms with van der Waals surface area (Å²) in [6.45, 7) is 1.88. The summed E-state index contributed by atoms with van der Waals surface area (Å²) in [7, 11) is 0. The summed E-state index contributed by atoms with van der Waals surface area (Å²) in [4.78, 5) is 15.8. The largest absolute Gasteiger partial charge is 0.452 e. The third kappa shape index (κ3) is 1.92. The molecule has 0 unspecified atom stereocenters. The highest BCUT2D eigenvalue weighted by Gasteiger charge is 2.15. The first-order valence-electron chi connectivity index (χ1n) is 4.38. The molecular formula is C11H8ClNO2. The fourth-order valence-corrected chi connectivity index (χ4v) is 1.49. The lowest BCUT2D eigenvalue weighted by atomic mass is 10.1. The van der Waals surface area contributed by atoms with Crippen molar-refractivity contribution in [2.75, 3.05) is 0 Å². The van der Waals surface area contributed by atoms with Gasteiger partial charge in [-0.1, -0.05) is 0 Å². The average Bonchev–Trinajstić information content (AvgIpc) is 2.63. The first-order chi connectivity index (χ1) is 7.18. The van der Waals surface area contributed by atoms with E-state index in [0.717, 1.165) is 5.56 Å². The molecule has 0 radical (unpaired) electrons. The molecule has 0 amide bonds. The quantitative estimate of drug-likeness (QED) is 0.733. The smallest absolute Gasteiger partial charge is 0.204 e. The van der Waals surface area contributed by atoms with Crippen LogP contribution in [0, 0.1) is 6.92 Å². The number of rotatable bonds is 2. The van der Waals surface area contributed by atoms with Gasteiger partial charge in [0, 0.05) is 18.0 Å². The minimum Gasteiger partial charge on any atom is -0.452 e. The molecule has 0 aromatic carbocycles. The normalized spacial score (nSPS) is 10.3. The van der Waals surface area contributed by atoms with Crippen molar-refractivity contribution in [2.45, 2.75) is 6.92 Å². The Kier molecular flexibility index (Phi) is 2.56. The van der Waals surface area contributed by atoms with E-state index in [2.05, 4.69) is 4.98 Å². The molecular weight excluding hydrogens is 214 g/mol. The monoisotopic (exact) mass is 221 g/mol. The van der Waals surface area contributed by atoms with Gasteiger partial charge in [-0.15, -0.1) is 0 Å². The second-order valence-electron chi connectivity index (χ2n) is 3.19. The van der Waals surface area contributed by atoms with Crippen molar-refractivity contribution in [1.29, 1.82) is 0 Å². The van der Waals surface area contributed by atoms with Crippen molar-refractivity contribution in [3.63, 3.8) is 0 Å². The van der Waals surface area contributed by atoms with E-state index in [1.165, 1.54) is 12.5 Å². The van der Waals surface area contributed by atoms with E-state index in [1.807, 2.05) is 6.92 Å². The number of aromatic nitrogens is 1. The lowest BCUT2D eigenvalue weighted by Crippen LogP contribution is -2.01. The minimum absolute atomic E-state index is 0.113. The number of nitrogens with zero attached hydrogens (tertiary/aromatic N) is 1. The summed E-state index contributed by atoms with van der Waals surface area (Å²) in [5.74, 6) is -0.176. The highest BCUT2D eigenvalue weighted by molar-refractivity contribution is 6.33. The van der Waals surface area contributed by atoms with Gasteiger partial charge in [-0.3, -0.25) is 9.78 Å². The molecule has 0 saturated carbocycles. The number of ketones is 1. The first kappa shape index (κ1) is 9.93. The molecule has 0 atom stereocenters. The fraction of sp³-hybridized carbons (Fsp3) is 0.0909. The third-order valence-corrected chi connectivity index (χ3v) is 2.29. The molecule has 0 aliphatic carbocycles. The average molecular weight is 222 g/mol. The zero-order valence-corrected chi connectivity index (χ0v) is 8.78.